The minimum absolute atomic E-state index is 0.130. The monoisotopic (exact) mass is 240 g/mol. The molecular formula is C13H21FN2O. The van der Waals surface area contributed by atoms with Crippen molar-refractivity contribution in [2.45, 2.75) is 39.3 Å². The quantitative estimate of drug-likeness (QED) is 0.628. The van der Waals surface area contributed by atoms with Crippen molar-refractivity contribution >= 4 is 0 Å². The summed E-state index contributed by atoms with van der Waals surface area (Å²) in [5.41, 5.74) is 4.31. The lowest BCUT2D eigenvalue weighted by Crippen LogP contribution is -2.34. The first-order valence-corrected chi connectivity index (χ1v) is 5.69. The van der Waals surface area contributed by atoms with Crippen molar-refractivity contribution < 1.29 is 9.13 Å². The SMILES string of the molecule is Cc1cc(F)ccc1C(COC(C)(C)C)NN. The molecule has 0 aliphatic carbocycles. The molecule has 0 heterocycles. The van der Waals surface area contributed by atoms with Crippen LogP contribution in [0, 0.1) is 12.7 Å². The van der Waals surface area contributed by atoms with Gasteiger partial charge in [0.1, 0.15) is 5.82 Å². The highest BCUT2D eigenvalue weighted by Crippen LogP contribution is 2.20. The minimum Gasteiger partial charge on any atom is -0.374 e. The van der Waals surface area contributed by atoms with Gasteiger partial charge in [0, 0.05) is 0 Å². The molecule has 17 heavy (non-hydrogen) atoms. The van der Waals surface area contributed by atoms with Crippen LogP contribution in [0.3, 0.4) is 0 Å². The Bertz CT molecular complexity index is 374. The standard InChI is InChI=1S/C13H21FN2O/c1-9-7-10(14)5-6-11(9)12(16-15)8-17-13(2,3)4/h5-7,12,16H,8,15H2,1-4H3. The molecule has 1 aromatic carbocycles. The number of nitrogens with two attached hydrogens (primary N) is 1. The minimum atomic E-state index is -0.237. The van der Waals surface area contributed by atoms with Crippen LogP contribution in [0.5, 0.6) is 0 Å². The predicted molar refractivity (Wildman–Crippen MR) is 66.9 cm³/mol. The van der Waals surface area contributed by atoms with Gasteiger partial charge in [-0.3, -0.25) is 11.3 Å². The van der Waals surface area contributed by atoms with Crippen LogP contribution in [0.25, 0.3) is 0 Å². The molecule has 0 aliphatic heterocycles. The first-order valence-electron chi connectivity index (χ1n) is 5.69. The molecule has 1 rings (SSSR count). The maximum absolute atomic E-state index is 13.0. The average Bonchev–Trinajstić information content (AvgIpc) is 2.19. The summed E-state index contributed by atoms with van der Waals surface area (Å²) in [5.74, 6) is 5.28. The van der Waals surface area contributed by atoms with E-state index < -0.39 is 0 Å². The second kappa shape index (κ2) is 5.58. The van der Waals surface area contributed by atoms with Crippen molar-refractivity contribution in [3.8, 4) is 0 Å². The zero-order valence-electron chi connectivity index (χ0n) is 10.9. The second-order valence-corrected chi connectivity index (χ2v) is 5.14. The topological polar surface area (TPSA) is 47.3 Å². The van der Waals surface area contributed by atoms with Crippen molar-refractivity contribution in [1.82, 2.24) is 5.43 Å². The Balaban J connectivity index is 2.79. The van der Waals surface area contributed by atoms with Crippen LogP contribution in [0.15, 0.2) is 18.2 Å². The summed E-state index contributed by atoms with van der Waals surface area (Å²) in [6.07, 6.45) is 0. The lowest BCUT2D eigenvalue weighted by atomic mass is 10.0. The molecule has 0 spiro atoms. The highest BCUT2D eigenvalue weighted by molar-refractivity contribution is 5.29. The molecule has 1 atom stereocenters. The molecule has 0 saturated carbocycles. The van der Waals surface area contributed by atoms with Gasteiger partial charge in [-0.2, -0.15) is 0 Å². The van der Waals surface area contributed by atoms with E-state index in [1.165, 1.54) is 12.1 Å². The smallest absolute Gasteiger partial charge is 0.123 e. The van der Waals surface area contributed by atoms with Crippen LogP contribution < -0.4 is 11.3 Å². The largest absolute Gasteiger partial charge is 0.374 e. The third kappa shape index (κ3) is 4.42. The average molecular weight is 240 g/mol. The van der Waals surface area contributed by atoms with Crippen molar-refractivity contribution in [2.24, 2.45) is 5.84 Å². The second-order valence-electron chi connectivity index (χ2n) is 5.14. The Hall–Kier alpha value is -0.970. The molecular weight excluding hydrogens is 219 g/mol. The van der Waals surface area contributed by atoms with Crippen molar-refractivity contribution in [1.29, 1.82) is 0 Å². The van der Waals surface area contributed by atoms with E-state index in [1.54, 1.807) is 6.07 Å². The molecule has 1 unspecified atom stereocenters. The molecule has 0 bridgehead atoms. The lowest BCUT2D eigenvalue weighted by molar-refractivity contribution is -0.0149. The number of benzene rings is 1. The molecule has 0 aromatic heterocycles. The number of aryl methyl sites for hydroxylation is 1. The number of ether oxygens (including phenoxy) is 1. The van der Waals surface area contributed by atoms with Crippen molar-refractivity contribution in [3.05, 3.63) is 35.1 Å². The Morgan fingerprint density at radius 2 is 2.06 bits per heavy atom. The summed E-state index contributed by atoms with van der Waals surface area (Å²) in [4.78, 5) is 0. The van der Waals surface area contributed by atoms with Crippen LogP contribution in [-0.4, -0.2) is 12.2 Å². The molecule has 3 N–H and O–H groups in total. The fraction of sp³-hybridized carbons (Fsp3) is 0.538. The van der Waals surface area contributed by atoms with Gasteiger partial charge in [0.2, 0.25) is 0 Å². The summed E-state index contributed by atoms with van der Waals surface area (Å²) < 4.78 is 18.7. The Kier molecular flexibility index (Phi) is 4.62. The van der Waals surface area contributed by atoms with Gasteiger partial charge in [0.25, 0.3) is 0 Å². The van der Waals surface area contributed by atoms with E-state index in [0.29, 0.717) is 6.61 Å². The van der Waals surface area contributed by atoms with Gasteiger partial charge in [0.15, 0.2) is 0 Å². The first-order chi connectivity index (χ1) is 7.83. The molecule has 1 aromatic rings. The summed E-state index contributed by atoms with van der Waals surface area (Å²) in [6, 6.07) is 4.54. The molecule has 0 amide bonds. The van der Waals surface area contributed by atoms with E-state index in [2.05, 4.69) is 5.43 Å². The molecule has 96 valence electrons. The number of rotatable bonds is 4. The summed E-state index contributed by atoms with van der Waals surface area (Å²) >= 11 is 0. The molecule has 0 radical (unpaired) electrons. The third-order valence-corrected chi connectivity index (χ3v) is 2.49. The van der Waals surface area contributed by atoms with Gasteiger partial charge < -0.3 is 4.74 Å². The van der Waals surface area contributed by atoms with Crippen molar-refractivity contribution in [3.63, 3.8) is 0 Å². The van der Waals surface area contributed by atoms with E-state index >= 15 is 0 Å². The number of halogens is 1. The van der Waals surface area contributed by atoms with Gasteiger partial charge in [-0.25, -0.2) is 4.39 Å². The fourth-order valence-electron chi connectivity index (χ4n) is 1.59. The fourth-order valence-corrected chi connectivity index (χ4v) is 1.59. The lowest BCUT2D eigenvalue weighted by Gasteiger charge is -2.25. The molecule has 0 aliphatic rings. The van der Waals surface area contributed by atoms with E-state index in [4.69, 9.17) is 10.6 Å². The van der Waals surface area contributed by atoms with Crippen LogP contribution in [0.1, 0.15) is 37.9 Å². The maximum atomic E-state index is 13.0. The van der Waals surface area contributed by atoms with Crippen LogP contribution >= 0.6 is 0 Å². The summed E-state index contributed by atoms with van der Waals surface area (Å²) in [7, 11) is 0. The first kappa shape index (κ1) is 14.1. The summed E-state index contributed by atoms with van der Waals surface area (Å²) in [6.45, 7) is 8.26. The zero-order chi connectivity index (χ0) is 13.1. The predicted octanol–water partition coefficient (Wildman–Crippen LogP) is 2.45. The van der Waals surface area contributed by atoms with Crippen LogP contribution in [0.2, 0.25) is 0 Å². The highest BCUT2D eigenvalue weighted by atomic mass is 19.1. The molecule has 0 saturated heterocycles. The Morgan fingerprint density at radius 3 is 2.53 bits per heavy atom. The van der Waals surface area contributed by atoms with Crippen LogP contribution in [0.4, 0.5) is 4.39 Å². The third-order valence-electron chi connectivity index (χ3n) is 2.49. The number of nitrogens with one attached hydrogen (secondary N) is 1. The Labute approximate surface area is 102 Å². The molecule has 4 heteroatoms. The van der Waals surface area contributed by atoms with Gasteiger partial charge in [0.05, 0.1) is 18.2 Å². The van der Waals surface area contributed by atoms with Gasteiger partial charge in [-0.15, -0.1) is 0 Å². The normalized spacial score (nSPS) is 13.8. The number of hydrazine groups is 1. The van der Waals surface area contributed by atoms with Gasteiger partial charge >= 0.3 is 0 Å². The maximum Gasteiger partial charge on any atom is 0.123 e. The summed E-state index contributed by atoms with van der Waals surface area (Å²) in [5, 5.41) is 0. The highest BCUT2D eigenvalue weighted by Gasteiger charge is 2.17. The zero-order valence-corrected chi connectivity index (χ0v) is 10.9. The van der Waals surface area contributed by atoms with Crippen molar-refractivity contribution in [2.75, 3.05) is 6.61 Å². The van der Waals surface area contributed by atoms with Gasteiger partial charge in [-0.1, -0.05) is 6.07 Å². The van der Waals surface area contributed by atoms with Crippen LogP contribution in [-0.2, 0) is 4.74 Å². The molecule has 0 fully saturated rings. The van der Waals surface area contributed by atoms with Gasteiger partial charge in [-0.05, 0) is 51.0 Å². The Morgan fingerprint density at radius 1 is 1.41 bits per heavy atom. The van der Waals surface area contributed by atoms with E-state index in [0.717, 1.165) is 11.1 Å². The number of hydrogen-bond acceptors (Lipinski definition) is 3. The van der Waals surface area contributed by atoms with E-state index in [-0.39, 0.29) is 17.5 Å². The number of hydrogen-bond donors (Lipinski definition) is 2. The molecule has 3 nitrogen and oxygen atoms in total. The van der Waals surface area contributed by atoms with E-state index in [1.807, 2.05) is 27.7 Å². The van der Waals surface area contributed by atoms with E-state index in [9.17, 15) is 4.39 Å².